The molecule has 23 heavy (non-hydrogen) atoms. The summed E-state index contributed by atoms with van der Waals surface area (Å²) in [4.78, 5) is 16.6. The summed E-state index contributed by atoms with van der Waals surface area (Å²) >= 11 is 7.53. The molecule has 2 heterocycles. The molecule has 1 aromatic carbocycles. The van der Waals surface area contributed by atoms with Crippen molar-refractivity contribution in [2.45, 2.75) is 20.3 Å². The Balaban J connectivity index is 1.72. The molecule has 0 aliphatic heterocycles. The van der Waals surface area contributed by atoms with Crippen LogP contribution in [0.25, 0.3) is 11.3 Å². The quantitative estimate of drug-likeness (QED) is 0.766. The van der Waals surface area contributed by atoms with Gasteiger partial charge in [-0.05, 0) is 19.9 Å². The number of halogens is 1. The number of aromatic nitrogens is 2. The van der Waals surface area contributed by atoms with Crippen molar-refractivity contribution in [3.8, 4) is 11.3 Å². The maximum absolute atomic E-state index is 12.2. The monoisotopic (exact) mass is 347 g/mol. The van der Waals surface area contributed by atoms with Crippen LogP contribution in [0.4, 0.5) is 5.13 Å². The third-order valence-electron chi connectivity index (χ3n) is 3.42. The molecular weight excluding hydrogens is 334 g/mol. The number of hydrogen-bond donors (Lipinski definition) is 1. The number of thiazole rings is 1. The van der Waals surface area contributed by atoms with E-state index >= 15 is 0 Å². The molecule has 118 valence electrons. The molecule has 0 radical (unpaired) electrons. The highest BCUT2D eigenvalue weighted by atomic mass is 35.5. The van der Waals surface area contributed by atoms with Crippen LogP contribution >= 0.6 is 22.9 Å². The molecule has 3 aromatic rings. The van der Waals surface area contributed by atoms with Crippen molar-refractivity contribution in [3.63, 3.8) is 0 Å². The molecule has 5 nitrogen and oxygen atoms in total. The minimum Gasteiger partial charge on any atom is -0.361 e. The Kier molecular flexibility index (Phi) is 4.45. The van der Waals surface area contributed by atoms with Crippen molar-refractivity contribution >= 4 is 34.0 Å². The maximum Gasteiger partial charge on any atom is 0.230 e. The van der Waals surface area contributed by atoms with Gasteiger partial charge in [0.2, 0.25) is 5.91 Å². The largest absolute Gasteiger partial charge is 0.361 e. The molecule has 0 aliphatic carbocycles. The van der Waals surface area contributed by atoms with E-state index in [0.29, 0.717) is 15.9 Å². The minimum absolute atomic E-state index is 0.153. The predicted molar refractivity (Wildman–Crippen MR) is 90.9 cm³/mol. The first-order chi connectivity index (χ1) is 11.0. The van der Waals surface area contributed by atoms with Gasteiger partial charge in [-0.15, -0.1) is 11.3 Å². The second kappa shape index (κ2) is 6.52. The van der Waals surface area contributed by atoms with Gasteiger partial charge in [0.05, 0.1) is 17.8 Å². The van der Waals surface area contributed by atoms with Gasteiger partial charge in [0.15, 0.2) is 5.13 Å². The van der Waals surface area contributed by atoms with Gasteiger partial charge in [0.1, 0.15) is 5.76 Å². The summed E-state index contributed by atoms with van der Waals surface area (Å²) in [7, 11) is 0. The number of carbonyl (C=O) groups excluding carboxylic acids is 1. The van der Waals surface area contributed by atoms with Gasteiger partial charge < -0.3 is 9.84 Å². The van der Waals surface area contributed by atoms with E-state index < -0.39 is 0 Å². The van der Waals surface area contributed by atoms with Gasteiger partial charge >= 0.3 is 0 Å². The first-order valence-corrected chi connectivity index (χ1v) is 8.22. The highest BCUT2D eigenvalue weighted by Crippen LogP contribution is 2.30. The van der Waals surface area contributed by atoms with E-state index in [1.54, 1.807) is 6.92 Å². The molecular formula is C16H14ClN3O2S. The van der Waals surface area contributed by atoms with E-state index in [1.165, 1.54) is 11.3 Å². The third kappa shape index (κ3) is 3.43. The summed E-state index contributed by atoms with van der Waals surface area (Å²) in [6, 6.07) is 7.47. The number of benzene rings is 1. The van der Waals surface area contributed by atoms with Crippen LogP contribution in [0.1, 0.15) is 17.0 Å². The molecule has 0 bridgehead atoms. The Morgan fingerprint density at radius 2 is 2.13 bits per heavy atom. The van der Waals surface area contributed by atoms with E-state index in [0.717, 1.165) is 22.5 Å². The minimum atomic E-state index is -0.153. The Hall–Kier alpha value is -2.18. The maximum atomic E-state index is 12.2. The standard InChI is InChI=1S/C16H14ClN3O2S/c1-9-12(10(2)22-20-9)7-15(21)19-16-18-14(8-23-16)11-5-3-4-6-13(11)17/h3-6,8H,7H2,1-2H3,(H,18,19,21). The van der Waals surface area contributed by atoms with Crippen LogP contribution in [-0.4, -0.2) is 16.0 Å². The summed E-state index contributed by atoms with van der Waals surface area (Å²) < 4.78 is 5.06. The third-order valence-corrected chi connectivity index (χ3v) is 4.51. The SMILES string of the molecule is Cc1noc(C)c1CC(=O)Nc1nc(-c2ccccc2Cl)cs1. The highest BCUT2D eigenvalue weighted by molar-refractivity contribution is 7.14. The van der Waals surface area contributed by atoms with E-state index in [-0.39, 0.29) is 12.3 Å². The van der Waals surface area contributed by atoms with Crippen molar-refractivity contribution in [2.75, 3.05) is 5.32 Å². The summed E-state index contributed by atoms with van der Waals surface area (Å²) in [6.07, 6.45) is 0.210. The van der Waals surface area contributed by atoms with Gasteiger partial charge in [0.25, 0.3) is 0 Å². The number of aryl methyl sites for hydroxylation is 2. The lowest BCUT2D eigenvalue weighted by Gasteiger charge is -2.02. The Morgan fingerprint density at radius 1 is 1.35 bits per heavy atom. The van der Waals surface area contributed by atoms with Crippen LogP contribution in [0.15, 0.2) is 34.2 Å². The smallest absolute Gasteiger partial charge is 0.230 e. The normalized spacial score (nSPS) is 10.7. The van der Waals surface area contributed by atoms with Gasteiger partial charge in [0, 0.05) is 21.5 Å². The highest BCUT2D eigenvalue weighted by Gasteiger charge is 2.15. The Labute approximate surface area is 142 Å². The van der Waals surface area contributed by atoms with Crippen LogP contribution < -0.4 is 5.32 Å². The molecule has 0 fully saturated rings. The van der Waals surface area contributed by atoms with Gasteiger partial charge in [-0.2, -0.15) is 0 Å². The zero-order valence-corrected chi connectivity index (χ0v) is 14.2. The Morgan fingerprint density at radius 3 is 2.83 bits per heavy atom. The average Bonchev–Trinajstić information content (AvgIpc) is 3.09. The van der Waals surface area contributed by atoms with Crippen LogP contribution in [-0.2, 0) is 11.2 Å². The second-order valence-electron chi connectivity index (χ2n) is 5.05. The lowest BCUT2D eigenvalue weighted by molar-refractivity contribution is -0.115. The molecule has 0 aliphatic rings. The van der Waals surface area contributed by atoms with Crippen LogP contribution in [0, 0.1) is 13.8 Å². The van der Waals surface area contributed by atoms with Crippen LogP contribution in [0.2, 0.25) is 5.02 Å². The first kappa shape index (κ1) is 15.7. The molecule has 0 spiro atoms. The van der Waals surface area contributed by atoms with E-state index in [9.17, 15) is 4.79 Å². The van der Waals surface area contributed by atoms with Gasteiger partial charge in [-0.1, -0.05) is 35.0 Å². The summed E-state index contributed by atoms with van der Waals surface area (Å²) in [5.41, 5.74) is 3.13. The number of anilines is 1. The van der Waals surface area contributed by atoms with E-state index in [1.807, 2.05) is 36.6 Å². The molecule has 0 saturated heterocycles. The van der Waals surface area contributed by atoms with Crippen molar-refractivity contribution in [2.24, 2.45) is 0 Å². The summed E-state index contributed by atoms with van der Waals surface area (Å²) in [6.45, 7) is 3.61. The van der Waals surface area contributed by atoms with Crippen molar-refractivity contribution < 1.29 is 9.32 Å². The number of amides is 1. The number of hydrogen-bond acceptors (Lipinski definition) is 5. The summed E-state index contributed by atoms with van der Waals surface area (Å²) in [5, 5.41) is 9.68. The number of nitrogens with zero attached hydrogens (tertiary/aromatic N) is 2. The lowest BCUT2D eigenvalue weighted by Crippen LogP contribution is -2.15. The molecule has 1 amide bonds. The van der Waals surface area contributed by atoms with Crippen LogP contribution in [0.5, 0.6) is 0 Å². The molecule has 2 aromatic heterocycles. The van der Waals surface area contributed by atoms with Crippen molar-refractivity contribution in [3.05, 3.63) is 51.7 Å². The van der Waals surface area contributed by atoms with Crippen molar-refractivity contribution in [1.29, 1.82) is 0 Å². The zero-order chi connectivity index (χ0) is 16.4. The molecule has 7 heteroatoms. The average molecular weight is 348 g/mol. The van der Waals surface area contributed by atoms with Crippen molar-refractivity contribution in [1.82, 2.24) is 10.1 Å². The number of nitrogens with one attached hydrogen (secondary N) is 1. The molecule has 1 N–H and O–H groups in total. The van der Waals surface area contributed by atoms with Crippen LogP contribution in [0.3, 0.4) is 0 Å². The predicted octanol–water partition coefficient (Wildman–Crippen LogP) is 4.25. The van der Waals surface area contributed by atoms with Gasteiger partial charge in [-0.3, -0.25) is 4.79 Å². The number of rotatable bonds is 4. The summed E-state index contributed by atoms with van der Waals surface area (Å²) in [5.74, 6) is 0.507. The topological polar surface area (TPSA) is 68.0 Å². The Bertz CT molecular complexity index is 837. The fourth-order valence-electron chi connectivity index (χ4n) is 2.20. The molecule has 0 unspecified atom stereocenters. The second-order valence-corrected chi connectivity index (χ2v) is 6.31. The molecule has 0 atom stereocenters. The molecule has 0 saturated carbocycles. The first-order valence-electron chi connectivity index (χ1n) is 6.96. The fourth-order valence-corrected chi connectivity index (χ4v) is 3.16. The van der Waals surface area contributed by atoms with Gasteiger partial charge in [-0.25, -0.2) is 4.98 Å². The fraction of sp³-hybridized carbons (Fsp3) is 0.188. The number of carbonyl (C=O) groups is 1. The van der Waals surface area contributed by atoms with E-state index in [4.69, 9.17) is 16.1 Å². The lowest BCUT2D eigenvalue weighted by atomic mass is 10.1. The van der Waals surface area contributed by atoms with E-state index in [2.05, 4.69) is 15.5 Å². The molecule has 3 rings (SSSR count). The zero-order valence-electron chi connectivity index (χ0n) is 12.6.